The molecule has 0 spiro atoms. The van der Waals surface area contributed by atoms with E-state index in [-0.39, 0.29) is 0 Å². The number of fused-ring (bicyclic) bond motifs is 11. The van der Waals surface area contributed by atoms with Crippen molar-refractivity contribution in [2.45, 2.75) is 0 Å². The normalized spacial score (nSPS) is 11.9. The molecule has 0 saturated heterocycles. The largest absolute Gasteiger partial charge is 0.455 e. The lowest BCUT2D eigenvalue weighted by molar-refractivity contribution is 0.677. The van der Waals surface area contributed by atoms with Crippen LogP contribution in [-0.4, -0.2) is 0 Å². The summed E-state index contributed by atoms with van der Waals surface area (Å²) in [6, 6.07) is 63.7. The van der Waals surface area contributed by atoms with Crippen molar-refractivity contribution in [1.82, 2.24) is 0 Å². The molecule has 11 rings (SSSR count). The Bertz CT molecular complexity index is 3140. The Hall–Kier alpha value is -6.42. The molecule has 0 amide bonds. The fraction of sp³-hybridized carbons (Fsp3) is 0. The Labute approximate surface area is 298 Å². The predicted molar refractivity (Wildman–Crippen MR) is 219 cm³/mol. The second-order valence-electron chi connectivity index (χ2n) is 13.3. The third-order valence-corrected chi connectivity index (χ3v) is 11.6. The summed E-state index contributed by atoms with van der Waals surface area (Å²) >= 11 is 1.84. The molecule has 0 saturated carbocycles. The van der Waals surface area contributed by atoms with Crippen molar-refractivity contribution in [3.63, 3.8) is 0 Å². The number of hydrogen-bond donors (Lipinski definition) is 0. The van der Waals surface area contributed by atoms with Gasteiger partial charge in [0.25, 0.3) is 0 Å². The van der Waals surface area contributed by atoms with E-state index in [1.807, 2.05) is 11.3 Å². The molecule has 0 aliphatic carbocycles. The number of nitrogens with zero attached hydrogens (tertiary/aromatic N) is 1. The Morgan fingerprint density at radius 3 is 1.90 bits per heavy atom. The second kappa shape index (κ2) is 11.0. The molecular weight excluding hydrogens is 639 g/mol. The summed E-state index contributed by atoms with van der Waals surface area (Å²) in [4.78, 5) is 2.42. The van der Waals surface area contributed by atoms with Crippen molar-refractivity contribution in [3.8, 4) is 11.1 Å². The van der Waals surface area contributed by atoms with E-state index >= 15 is 0 Å². The third kappa shape index (κ3) is 4.35. The highest BCUT2D eigenvalue weighted by Crippen LogP contribution is 2.48. The lowest BCUT2D eigenvalue weighted by atomic mass is 9.98. The molecule has 2 heterocycles. The number of furan rings is 1. The molecule has 0 bridgehead atoms. The first-order valence-electron chi connectivity index (χ1n) is 17.3. The highest BCUT2D eigenvalue weighted by Gasteiger charge is 2.21. The van der Waals surface area contributed by atoms with Crippen LogP contribution in [0.1, 0.15) is 0 Å². The van der Waals surface area contributed by atoms with Gasteiger partial charge in [0, 0.05) is 43.0 Å². The Morgan fingerprint density at radius 2 is 1.04 bits per heavy atom. The van der Waals surface area contributed by atoms with Crippen molar-refractivity contribution in [1.29, 1.82) is 0 Å². The zero-order valence-electron chi connectivity index (χ0n) is 27.5. The van der Waals surface area contributed by atoms with E-state index in [0.717, 1.165) is 44.4 Å². The summed E-state index contributed by atoms with van der Waals surface area (Å²) < 4.78 is 9.30. The lowest BCUT2D eigenvalue weighted by Gasteiger charge is -2.26. The molecule has 0 N–H and O–H groups in total. The highest BCUT2D eigenvalue weighted by molar-refractivity contribution is 7.26. The maximum Gasteiger partial charge on any atom is 0.144 e. The minimum Gasteiger partial charge on any atom is -0.455 e. The summed E-state index contributed by atoms with van der Waals surface area (Å²) in [6.07, 6.45) is 0. The molecule has 2 nitrogen and oxygen atoms in total. The minimum atomic E-state index is 0.954. The molecule has 0 aliphatic heterocycles. The van der Waals surface area contributed by atoms with Gasteiger partial charge in [-0.25, -0.2) is 0 Å². The topological polar surface area (TPSA) is 16.4 Å². The molecule has 0 unspecified atom stereocenters. The molecule has 0 atom stereocenters. The van der Waals surface area contributed by atoms with Crippen LogP contribution in [0.5, 0.6) is 0 Å². The maximum atomic E-state index is 6.84. The molecule has 0 aliphatic rings. The molecule has 51 heavy (non-hydrogen) atoms. The van der Waals surface area contributed by atoms with Crippen molar-refractivity contribution in [2.75, 3.05) is 4.90 Å². The number of hydrogen-bond acceptors (Lipinski definition) is 3. The molecule has 0 radical (unpaired) electrons. The lowest BCUT2D eigenvalue weighted by Crippen LogP contribution is -2.10. The maximum absolute atomic E-state index is 6.84. The summed E-state index contributed by atoms with van der Waals surface area (Å²) in [5.74, 6) is 0. The van der Waals surface area contributed by atoms with Crippen molar-refractivity contribution < 1.29 is 4.42 Å². The SMILES string of the molecule is c1ccc2cc(N(c3ccc(-c4cccc5ccccc45)cc3)c3cccc4c3sc3ccc5c6ccc7ccccc7c6oc5c34)ccc2c1. The standard InChI is InChI=1S/C48H29NOS/c1-2-12-34-29-36(25-19-30(34)9-1)49(35-23-20-33(21-24-35)38-16-7-13-31-10-3-5-14-37(31)38)43-18-8-17-42-45-44(51-48(42)43)28-27-41-40-26-22-32-11-4-6-15-39(32)46(40)50-47(41)45/h1-29H. The van der Waals surface area contributed by atoms with Crippen LogP contribution < -0.4 is 4.90 Å². The van der Waals surface area contributed by atoms with E-state index < -0.39 is 0 Å². The summed E-state index contributed by atoms with van der Waals surface area (Å²) in [7, 11) is 0. The van der Waals surface area contributed by atoms with Gasteiger partial charge in [-0.3, -0.25) is 0 Å². The van der Waals surface area contributed by atoms with Crippen LogP contribution in [0.25, 0.3) is 85.6 Å². The van der Waals surface area contributed by atoms with E-state index in [1.54, 1.807) is 0 Å². The Balaban J connectivity index is 1.14. The fourth-order valence-corrected chi connectivity index (χ4v) is 9.22. The average molecular weight is 668 g/mol. The first-order valence-corrected chi connectivity index (χ1v) is 18.2. The van der Waals surface area contributed by atoms with Gasteiger partial charge in [-0.05, 0) is 86.6 Å². The van der Waals surface area contributed by atoms with Gasteiger partial charge in [-0.1, -0.05) is 127 Å². The van der Waals surface area contributed by atoms with Crippen molar-refractivity contribution in [3.05, 3.63) is 176 Å². The first-order chi connectivity index (χ1) is 25.3. The van der Waals surface area contributed by atoms with Crippen LogP contribution in [0.2, 0.25) is 0 Å². The second-order valence-corrected chi connectivity index (χ2v) is 14.3. The Morgan fingerprint density at radius 1 is 0.412 bits per heavy atom. The van der Waals surface area contributed by atoms with Gasteiger partial charge in [-0.2, -0.15) is 0 Å². The number of benzene rings is 9. The molecule has 2 aromatic heterocycles. The zero-order chi connectivity index (χ0) is 33.5. The van der Waals surface area contributed by atoms with E-state index in [0.29, 0.717) is 0 Å². The van der Waals surface area contributed by atoms with Gasteiger partial charge in [0.1, 0.15) is 11.2 Å². The van der Waals surface area contributed by atoms with Crippen LogP contribution in [-0.2, 0) is 0 Å². The van der Waals surface area contributed by atoms with Crippen LogP contribution in [0.15, 0.2) is 180 Å². The van der Waals surface area contributed by atoms with Gasteiger partial charge >= 0.3 is 0 Å². The highest BCUT2D eigenvalue weighted by atomic mass is 32.1. The van der Waals surface area contributed by atoms with E-state index in [9.17, 15) is 0 Å². The fourth-order valence-electron chi connectivity index (χ4n) is 8.02. The summed E-state index contributed by atoms with van der Waals surface area (Å²) in [5, 5.41) is 12.0. The summed E-state index contributed by atoms with van der Waals surface area (Å²) in [6.45, 7) is 0. The summed E-state index contributed by atoms with van der Waals surface area (Å²) in [5.41, 5.74) is 7.74. The molecular formula is C48H29NOS. The van der Waals surface area contributed by atoms with E-state index in [1.165, 1.54) is 58.2 Å². The van der Waals surface area contributed by atoms with Gasteiger partial charge in [0.15, 0.2) is 0 Å². The van der Waals surface area contributed by atoms with Crippen molar-refractivity contribution >= 4 is 103 Å². The van der Waals surface area contributed by atoms with Gasteiger partial charge in [0.05, 0.1) is 10.4 Å². The van der Waals surface area contributed by atoms with E-state index in [4.69, 9.17) is 4.42 Å². The number of rotatable bonds is 4. The quantitative estimate of drug-likeness (QED) is 0.186. The molecule has 9 aromatic carbocycles. The predicted octanol–water partition coefficient (Wildman–Crippen LogP) is 14.6. The van der Waals surface area contributed by atoms with Crippen LogP contribution >= 0.6 is 11.3 Å². The first kappa shape index (κ1) is 28.4. The van der Waals surface area contributed by atoms with Crippen LogP contribution in [0.4, 0.5) is 17.1 Å². The van der Waals surface area contributed by atoms with Crippen LogP contribution in [0, 0.1) is 0 Å². The number of anilines is 3. The molecule has 0 fully saturated rings. The molecule has 3 heteroatoms. The van der Waals surface area contributed by atoms with E-state index in [2.05, 4.69) is 181 Å². The third-order valence-electron chi connectivity index (χ3n) is 10.4. The smallest absolute Gasteiger partial charge is 0.144 e. The van der Waals surface area contributed by atoms with Crippen LogP contribution in [0.3, 0.4) is 0 Å². The van der Waals surface area contributed by atoms with Gasteiger partial charge in [0.2, 0.25) is 0 Å². The van der Waals surface area contributed by atoms with Crippen molar-refractivity contribution in [2.24, 2.45) is 0 Å². The molecule has 238 valence electrons. The minimum absolute atomic E-state index is 0.954. The average Bonchev–Trinajstić information content (AvgIpc) is 3.77. The van der Waals surface area contributed by atoms with Gasteiger partial charge in [-0.15, -0.1) is 11.3 Å². The monoisotopic (exact) mass is 667 g/mol. The zero-order valence-corrected chi connectivity index (χ0v) is 28.3. The molecule has 11 aromatic rings. The number of thiophene rings is 1. The van der Waals surface area contributed by atoms with Gasteiger partial charge < -0.3 is 9.32 Å². The Kier molecular flexibility index (Phi) is 6.16.